The molecule has 216 valence electrons. The number of rotatable bonds is 10. The van der Waals surface area contributed by atoms with Crippen LogP contribution in [0.25, 0.3) is 0 Å². The molecule has 0 saturated heterocycles. The maximum atomic E-state index is 13.4. The van der Waals surface area contributed by atoms with Crippen LogP contribution in [-0.4, -0.2) is 26.2 Å². The quantitative estimate of drug-likeness (QED) is 0.188. The number of benzene rings is 4. The van der Waals surface area contributed by atoms with Gasteiger partial charge in [-0.3, -0.25) is 0 Å². The number of nitrogens with zero attached hydrogens (tertiary/aromatic N) is 1. The summed E-state index contributed by atoms with van der Waals surface area (Å²) in [5, 5.41) is 3.99. The average molecular weight is 583 g/mol. The van der Waals surface area contributed by atoms with E-state index in [1.165, 1.54) is 0 Å². The number of methoxy groups -OCH3 is 1. The second kappa shape index (κ2) is 11.6. The molecule has 6 nitrogen and oxygen atoms in total. The highest BCUT2D eigenvalue weighted by atomic mass is 35.5. The average Bonchev–Trinajstić information content (AvgIpc) is 3.30. The van der Waals surface area contributed by atoms with Crippen LogP contribution in [0.15, 0.2) is 78.9 Å². The predicted octanol–water partition coefficient (Wildman–Crippen LogP) is 9.07. The molecule has 0 aliphatic carbocycles. The molecule has 0 bridgehead atoms. The maximum absolute atomic E-state index is 13.4. The van der Waals surface area contributed by atoms with Crippen molar-refractivity contribution in [3.8, 4) is 17.2 Å². The van der Waals surface area contributed by atoms with Crippen LogP contribution >= 0.6 is 11.6 Å². The molecule has 4 aromatic rings. The van der Waals surface area contributed by atoms with Crippen LogP contribution in [-0.2, 0) is 10.3 Å². The molecule has 1 unspecified atom stereocenters. The first-order chi connectivity index (χ1) is 20.5. The van der Waals surface area contributed by atoms with Crippen molar-refractivity contribution in [2.75, 3.05) is 30.4 Å². The largest absolute Gasteiger partial charge is 0.494 e. The van der Waals surface area contributed by atoms with E-state index in [-0.39, 0.29) is 5.97 Å². The summed E-state index contributed by atoms with van der Waals surface area (Å²) in [6, 6.07) is 25.2. The van der Waals surface area contributed by atoms with Gasteiger partial charge in [-0.1, -0.05) is 68.6 Å². The lowest BCUT2D eigenvalue weighted by atomic mass is 9.77. The zero-order valence-corrected chi connectivity index (χ0v) is 25.0. The van der Waals surface area contributed by atoms with Gasteiger partial charge >= 0.3 is 5.97 Å². The van der Waals surface area contributed by atoms with E-state index in [9.17, 15) is 4.79 Å². The molecular weight excluding hydrogens is 548 g/mol. The number of carbonyl (C=O) groups is 1. The number of hydrogen-bond acceptors (Lipinski definition) is 6. The van der Waals surface area contributed by atoms with Crippen LogP contribution in [0.5, 0.6) is 17.2 Å². The normalized spacial score (nSPS) is 16.2. The summed E-state index contributed by atoms with van der Waals surface area (Å²) in [5.74, 6) is 1.45. The Hall–Kier alpha value is -4.16. The highest BCUT2D eigenvalue weighted by molar-refractivity contribution is 6.33. The Labute approximate surface area is 252 Å². The zero-order chi connectivity index (χ0) is 29.3. The number of fused-ring (bicyclic) bond motifs is 6. The summed E-state index contributed by atoms with van der Waals surface area (Å²) in [5.41, 5.74) is 4.16. The molecular formula is C35H35ClN2O4. The fourth-order valence-electron chi connectivity index (χ4n) is 5.93. The number of halogens is 1. The van der Waals surface area contributed by atoms with Crippen molar-refractivity contribution >= 4 is 34.6 Å². The van der Waals surface area contributed by atoms with Crippen LogP contribution < -0.4 is 19.7 Å². The van der Waals surface area contributed by atoms with E-state index < -0.39 is 5.60 Å². The second-order valence-electron chi connectivity index (χ2n) is 10.7. The van der Waals surface area contributed by atoms with Crippen molar-refractivity contribution in [3.05, 3.63) is 106 Å². The first-order valence-corrected chi connectivity index (χ1v) is 15.0. The maximum Gasteiger partial charge on any atom is 0.340 e. The minimum atomic E-state index is -1.18. The van der Waals surface area contributed by atoms with Crippen molar-refractivity contribution in [2.24, 2.45) is 0 Å². The molecule has 0 fully saturated rings. The molecule has 2 aliphatic heterocycles. The van der Waals surface area contributed by atoms with Crippen LogP contribution in [0, 0.1) is 0 Å². The fraction of sp³-hybridized carbons (Fsp3) is 0.286. The van der Waals surface area contributed by atoms with Gasteiger partial charge < -0.3 is 24.4 Å². The van der Waals surface area contributed by atoms with E-state index >= 15 is 0 Å². The summed E-state index contributed by atoms with van der Waals surface area (Å²) in [6.07, 6.45) is 4.46. The molecule has 4 aromatic carbocycles. The smallest absolute Gasteiger partial charge is 0.340 e. The van der Waals surface area contributed by atoms with E-state index in [1.54, 1.807) is 7.11 Å². The van der Waals surface area contributed by atoms with Crippen LogP contribution in [0.3, 0.4) is 0 Å². The third kappa shape index (κ3) is 4.74. The molecule has 0 saturated carbocycles. The first-order valence-electron chi connectivity index (χ1n) is 14.6. The Balaban J connectivity index is 1.53. The standard InChI is InChI=1S/C35H35ClN2O4/c1-4-6-18-38(19-7-5-2)23-16-17-26-31(20-23)41-32-22-33(40-3)30(37-29-15-11-10-14-28(29)36)21-27(32)35(26)25-13-9-8-12-24(25)34(39)42-35/h8-17,20-22,37H,4-7,18-19H2,1-3H3. The number of anilines is 3. The highest BCUT2D eigenvalue weighted by Gasteiger charge is 2.54. The van der Waals surface area contributed by atoms with E-state index in [1.807, 2.05) is 60.7 Å². The Kier molecular flexibility index (Phi) is 7.74. The van der Waals surface area contributed by atoms with Gasteiger partial charge in [0.05, 0.1) is 29.1 Å². The lowest BCUT2D eigenvalue weighted by Crippen LogP contribution is -2.33. The Morgan fingerprint density at radius 3 is 2.29 bits per heavy atom. The van der Waals surface area contributed by atoms with Crippen LogP contribution in [0.2, 0.25) is 5.02 Å². The fourth-order valence-corrected chi connectivity index (χ4v) is 6.11. The van der Waals surface area contributed by atoms with Crippen molar-refractivity contribution in [2.45, 2.75) is 45.1 Å². The minimum absolute atomic E-state index is 0.363. The number of carbonyl (C=O) groups excluding carboxylic acids is 1. The zero-order valence-electron chi connectivity index (χ0n) is 24.2. The van der Waals surface area contributed by atoms with Crippen molar-refractivity contribution in [1.82, 2.24) is 0 Å². The molecule has 0 radical (unpaired) electrons. The van der Waals surface area contributed by atoms with E-state index in [0.29, 0.717) is 39.1 Å². The molecule has 2 aliphatic rings. The number of ether oxygens (including phenoxy) is 3. The molecule has 2 heterocycles. The van der Waals surface area contributed by atoms with Crippen molar-refractivity contribution in [1.29, 1.82) is 0 Å². The molecule has 1 spiro atoms. The Morgan fingerprint density at radius 2 is 1.55 bits per heavy atom. The lowest BCUT2D eigenvalue weighted by molar-refractivity contribution is 0.0224. The van der Waals surface area contributed by atoms with Gasteiger partial charge in [-0.05, 0) is 49.2 Å². The monoisotopic (exact) mass is 582 g/mol. The molecule has 42 heavy (non-hydrogen) atoms. The number of esters is 1. The number of para-hydroxylation sites is 1. The van der Waals surface area contributed by atoms with Crippen molar-refractivity contribution < 1.29 is 19.0 Å². The molecule has 0 aromatic heterocycles. The van der Waals surface area contributed by atoms with E-state index in [4.69, 9.17) is 25.8 Å². The van der Waals surface area contributed by atoms with Gasteiger partial charge in [0.2, 0.25) is 0 Å². The molecule has 0 amide bonds. The lowest BCUT2D eigenvalue weighted by Gasteiger charge is -2.38. The molecule has 6 rings (SSSR count). The summed E-state index contributed by atoms with van der Waals surface area (Å²) in [6.45, 7) is 6.37. The minimum Gasteiger partial charge on any atom is -0.494 e. The summed E-state index contributed by atoms with van der Waals surface area (Å²) in [7, 11) is 1.62. The number of unbranched alkanes of at least 4 members (excludes halogenated alkanes) is 2. The topological polar surface area (TPSA) is 60.0 Å². The SMILES string of the molecule is CCCCN(CCCC)c1ccc2c(c1)Oc1cc(OC)c(Nc3ccccc3Cl)cc1C21OC(=O)c2ccccc21. The van der Waals surface area contributed by atoms with Gasteiger partial charge in [-0.25, -0.2) is 4.79 Å². The van der Waals surface area contributed by atoms with E-state index in [0.717, 1.165) is 61.3 Å². The third-order valence-electron chi connectivity index (χ3n) is 8.09. The molecule has 1 atom stereocenters. The van der Waals surface area contributed by atoms with Crippen LogP contribution in [0.4, 0.5) is 17.1 Å². The van der Waals surface area contributed by atoms with Crippen LogP contribution in [0.1, 0.15) is 66.6 Å². The molecule has 7 heteroatoms. The summed E-state index contributed by atoms with van der Waals surface area (Å²) < 4.78 is 18.9. The number of hydrogen-bond donors (Lipinski definition) is 1. The van der Waals surface area contributed by atoms with E-state index in [2.05, 4.69) is 42.3 Å². The highest BCUT2D eigenvalue weighted by Crippen LogP contribution is 2.58. The van der Waals surface area contributed by atoms with Crippen molar-refractivity contribution in [3.63, 3.8) is 0 Å². The van der Waals surface area contributed by atoms with Gasteiger partial charge in [0, 0.05) is 47.6 Å². The summed E-state index contributed by atoms with van der Waals surface area (Å²) >= 11 is 6.49. The second-order valence-corrected chi connectivity index (χ2v) is 11.2. The first kappa shape index (κ1) is 28.0. The predicted molar refractivity (Wildman–Crippen MR) is 168 cm³/mol. The van der Waals surface area contributed by atoms with Gasteiger partial charge in [0.25, 0.3) is 0 Å². The Morgan fingerprint density at radius 1 is 0.833 bits per heavy atom. The van der Waals surface area contributed by atoms with Gasteiger partial charge in [0.15, 0.2) is 5.60 Å². The third-order valence-corrected chi connectivity index (χ3v) is 8.42. The molecule has 1 N–H and O–H groups in total. The van der Waals surface area contributed by atoms with Gasteiger partial charge in [0.1, 0.15) is 17.2 Å². The number of nitrogens with one attached hydrogen (secondary N) is 1. The summed E-state index contributed by atoms with van der Waals surface area (Å²) in [4.78, 5) is 15.8. The van der Waals surface area contributed by atoms with Gasteiger partial charge in [-0.2, -0.15) is 0 Å². The Bertz CT molecular complexity index is 1630. The van der Waals surface area contributed by atoms with Gasteiger partial charge in [-0.15, -0.1) is 0 Å².